The van der Waals surface area contributed by atoms with Crippen LogP contribution in [0.4, 0.5) is 11.6 Å². The first kappa shape index (κ1) is 16.6. The third-order valence-corrected chi connectivity index (χ3v) is 3.22. The third-order valence-electron chi connectivity index (χ3n) is 2.67. The van der Waals surface area contributed by atoms with E-state index in [0.717, 1.165) is 12.4 Å². The summed E-state index contributed by atoms with van der Waals surface area (Å²) in [6, 6.07) is 1.36. The third kappa shape index (κ3) is 4.56. The quantitative estimate of drug-likeness (QED) is 0.454. The summed E-state index contributed by atoms with van der Waals surface area (Å²) < 4.78 is 4.81. The molecule has 1 rings (SSSR count). The van der Waals surface area contributed by atoms with E-state index >= 15 is 0 Å². The predicted molar refractivity (Wildman–Crippen MR) is 82.2 cm³/mol. The number of nitrogens with one attached hydrogen (secondary N) is 2. The highest BCUT2D eigenvalue weighted by atomic mass is 32.2. The molecule has 6 nitrogen and oxygen atoms in total. The fourth-order valence-corrected chi connectivity index (χ4v) is 2.03. The van der Waals surface area contributed by atoms with Crippen LogP contribution in [0.15, 0.2) is 11.2 Å². The molecule has 1 heterocycles. The zero-order valence-electron chi connectivity index (χ0n) is 12.6. The fraction of sp³-hybridized carbons (Fsp3) is 0.615. The molecule has 20 heavy (non-hydrogen) atoms. The van der Waals surface area contributed by atoms with E-state index < -0.39 is 6.04 Å². The Labute approximate surface area is 124 Å². The minimum absolute atomic E-state index is 0.0951. The Morgan fingerprint density at radius 3 is 2.55 bits per heavy atom. The van der Waals surface area contributed by atoms with Crippen molar-refractivity contribution in [1.82, 2.24) is 9.97 Å². The van der Waals surface area contributed by atoms with E-state index in [2.05, 4.69) is 20.6 Å². The zero-order valence-corrected chi connectivity index (χ0v) is 13.4. The molecule has 0 radical (unpaired) electrons. The number of aromatic nitrogens is 2. The molecular formula is C13H22N4O2S. The first-order chi connectivity index (χ1) is 9.51. The Kier molecular flexibility index (Phi) is 6.57. The minimum Gasteiger partial charge on any atom is -0.467 e. The highest BCUT2D eigenvalue weighted by Crippen LogP contribution is 2.19. The molecule has 0 aliphatic heterocycles. The average molecular weight is 298 g/mol. The van der Waals surface area contributed by atoms with Crippen molar-refractivity contribution in [1.29, 1.82) is 0 Å². The zero-order chi connectivity index (χ0) is 15.1. The largest absolute Gasteiger partial charge is 0.467 e. The Hall–Kier alpha value is -1.50. The second-order valence-electron chi connectivity index (χ2n) is 4.54. The van der Waals surface area contributed by atoms with Crippen LogP contribution in [0, 0.1) is 5.92 Å². The van der Waals surface area contributed by atoms with Gasteiger partial charge in [-0.05, 0) is 19.1 Å². The Morgan fingerprint density at radius 1 is 1.40 bits per heavy atom. The van der Waals surface area contributed by atoms with Crippen LogP contribution in [0.1, 0.15) is 20.8 Å². The van der Waals surface area contributed by atoms with E-state index in [1.54, 1.807) is 6.07 Å². The van der Waals surface area contributed by atoms with Crippen LogP contribution in [0.5, 0.6) is 0 Å². The van der Waals surface area contributed by atoms with Crippen LogP contribution in [-0.4, -0.2) is 41.9 Å². The van der Waals surface area contributed by atoms with Gasteiger partial charge in [0.1, 0.15) is 17.7 Å². The summed E-state index contributed by atoms with van der Waals surface area (Å²) in [5.41, 5.74) is 0. The maximum absolute atomic E-state index is 11.8. The number of hydrogen-bond acceptors (Lipinski definition) is 7. The summed E-state index contributed by atoms with van der Waals surface area (Å²) in [4.78, 5) is 20.5. The van der Waals surface area contributed by atoms with Crippen molar-refractivity contribution in [3.63, 3.8) is 0 Å². The molecule has 0 amide bonds. The SMILES string of the molecule is CCNc1cc(NC(C(=O)OC)C(C)C)nc(SC)n1. The topological polar surface area (TPSA) is 76.1 Å². The molecule has 0 saturated heterocycles. The first-order valence-electron chi connectivity index (χ1n) is 6.53. The second-order valence-corrected chi connectivity index (χ2v) is 5.32. The number of methoxy groups -OCH3 is 1. The van der Waals surface area contributed by atoms with Crippen LogP contribution >= 0.6 is 11.8 Å². The molecule has 0 bridgehead atoms. The summed E-state index contributed by atoms with van der Waals surface area (Å²) >= 11 is 1.45. The van der Waals surface area contributed by atoms with Crippen LogP contribution in [0.25, 0.3) is 0 Å². The number of carbonyl (C=O) groups excluding carboxylic acids is 1. The van der Waals surface area contributed by atoms with Gasteiger partial charge in [0.15, 0.2) is 5.16 Å². The second kappa shape index (κ2) is 7.94. The maximum atomic E-state index is 11.8. The maximum Gasteiger partial charge on any atom is 0.328 e. The van der Waals surface area contributed by atoms with Gasteiger partial charge in [0.2, 0.25) is 0 Å². The smallest absolute Gasteiger partial charge is 0.328 e. The monoisotopic (exact) mass is 298 g/mol. The predicted octanol–water partition coefficient (Wildman–Crippen LogP) is 2.24. The summed E-state index contributed by atoms with van der Waals surface area (Å²) in [5, 5.41) is 6.92. The van der Waals surface area contributed by atoms with Gasteiger partial charge >= 0.3 is 5.97 Å². The summed E-state index contributed by atoms with van der Waals surface area (Å²) in [6.45, 7) is 6.68. The summed E-state index contributed by atoms with van der Waals surface area (Å²) in [5.74, 6) is 1.15. The van der Waals surface area contributed by atoms with Crippen molar-refractivity contribution in [2.75, 3.05) is 30.5 Å². The van der Waals surface area contributed by atoms with Gasteiger partial charge in [-0.15, -0.1) is 0 Å². The molecule has 112 valence electrons. The van der Waals surface area contributed by atoms with Gasteiger partial charge in [-0.2, -0.15) is 0 Å². The Morgan fingerprint density at radius 2 is 2.05 bits per heavy atom. The average Bonchev–Trinajstić information content (AvgIpc) is 2.43. The van der Waals surface area contributed by atoms with E-state index in [0.29, 0.717) is 11.0 Å². The van der Waals surface area contributed by atoms with E-state index in [9.17, 15) is 4.79 Å². The van der Waals surface area contributed by atoms with Gasteiger partial charge in [-0.25, -0.2) is 14.8 Å². The lowest BCUT2D eigenvalue weighted by Crippen LogP contribution is -2.35. The number of hydrogen-bond donors (Lipinski definition) is 2. The van der Waals surface area contributed by atoms with Gasteiger partial charge in [0.05, 0.1) is 7.11 Å². The van der Waals surface area contributed by atoms with Gasteiger partial charge < -0.3 is 15.4 Å². The minimum atomic E-state index is -0.431. The van der Waals surface area contributed by atoms with Gasteiger partial charge in [0.25, 0.3) is 0 Å². The van der Waals surface area contributed by atoms with Gasteiger partial charge in [-0.1, -0.05) is 25.6 Å². The number of anilines is 2. The molecule has 2 N–H and O–H groups in total. The number of carbonyl (C=O) groups is 1. The van der Waals surface area contributed by atoms with Crippen LogP contribution < -0.4 is 10.6 Å². The van der Waals surface area contributed by atoms with Gasteiger partial charge in [-0.3, -0.25) is 0 Å². The molecular weight excluding hydrogens is 276 g/mol. The lowest BCUT2D eigenvalue weighted by molar-refractivity contribution is -0.142. The standard InChI is InChI=1S/C13H22N4O2S/c1-6-14-9-7-10(17-13(16-9)20-5)15-11(8(2)3)12(18)19-4/h7-8,11H,6H2,1-5H3,(H2,14,15,16,17). The first-order valence-corrected chi connectivity index (χ1v) is 7.75. The Balaban J connectivity index is 2.99. The number of ether oxygens (including phenoxy) is 1. The normalized spacial score (nSPS) is 12.1. The molecule has 0 aliphatic rings. The van der Waals surface area contributed by atoms with Crippen LogP contribution in [0.3, 0.4) is 0 Å². The number of thioether (sulfide) groups is 1. The number of rotatable bonds is 7. The molecule has 1 unspecified atom stereocenters. The lowest BCUT2D eigenvalue weighted by atomic mass is 10.0. The van der Waals surface area contributed by atoms with E-state index in [4.69, 9.17) is 4.74 Å². The molecule has 1 aromatic rings. The molecule has 0 aliphatic carbocycles. The summed E-state index contributed by atoms with van der Waals surface area (Å²) in [6.07, 6.45) is 1.91. The van der Waals surface area contributed by atoms with Gasteiger partial charge in [0, 0.05) is 12.6 Å². The van der Waals surface area contributed by atoms with Crippen LogP contribution in [-0.2, 0) is 9.53 Å². The van der Waals surface area contributed by atoms with Crippen molar-refractivity contribution in [2.45, 2.75) is 32.0 Å². The van der Waals surface area contributed by atoms with Crippen LogP contribution in [0.2, 0.25) is 0 Å². The molecule has 0 saturated carbocycles. The molecule has 0 spiro atoms. The van der Waals surface area contributed by atoms with Crippen molar-refractivity contribution in [3.8, 4) is 0 Å². The van der Waals surface area contributed by atoms with Crippen molar-refractivity contribution in [2.24, 2.45) is 5.92 Å². The Bertz CT molecular complexity index is 454. The number of esters is 1. The van der Waals surface area contributed by atoms with Crippen molar-refractivity contribution >= 4 is 29.4 Å². The molecule has 0 aromatic carbocycles. The highest BCUT2D eigenvalue weighted by molar-refractivity contribution is 7.98. The highest BCUT2D eigenvalue weighted by Gasteiger charge is 2.23. The fourth-order valence-electron chi connectivity index (χ4n) is 1.65. The number of nitrogens with zero attached hydrogens (tertiary/aromatic N) is 2. The molecule has 1 aromatic heterocycles. The van der Waals surface area contributed by atoms with E-state index in [-0.39, 0.29) is 11.9 Å². The summed E-state index contributed by atoms with van der Waals surface area (Å²) in [7, 11) is 1.39. The van der Waals surface area contributed by atoms with E-state index in [1.165, 1.54) is 18.9 Å². The molecule has 7 heteroatoms. The van der Waals surface area contributed by atoms with E-state index in [1.807, 2.05) is 27.0 Å². The lowest BCUT2D eigenvalue weighted by Gasteiger charge is -2.20. The molecule has 1 atom stereocenters. The van der Waals surface area contributed by atoms with Crippen molar-refractivity contribution in [3.05, 3.63) is 6.07 Å². The molecule has 0 fully saturated rings. The van der Waals surface area contributed by atoms with Crippen molar-refractivity contribution < 1.29 is 9.53 Å².